The van der Waals surface area contributed by atoms with Crippen LogP contribution in [0.1, 0.15) is 23.6 Å². The van der Waals surface area contributed by atoms with Gasteiger partial charge in [0.25, 0.3) is 11.7 Å². The number of morpholine rings is 1. The summed E-state index contributed by atoms with van der Waals surface area (Å²) in [5, 5.41) is 21.4. The molecule has 2 N–H and O–H groups in total. The molecule has 2 heterocycles. The van der Waals surface area contributed by atoms with Gasteiger partial charge in [0.15, 0.2) is 0 Å². The number of carbonyl (C=O) groups is 2. The molecule has 0 radical (unpaired) electrons. The maximum absolute atomic E-state index is 13.1. The van der Waals surface area contributed by atoms with Crippen LogP contribution in [-0.4, -0.2) is 71.1 Å². The molecular weight excluding hydrogens is 556 g/mol. The number of ketones is 1. The largest absolute Gasteiger partial charge is 0.507 e. The summed E-state index contributed by atoms with van der Waals surface area (Å²) in [7, 11) is 0. The van der Waals surface area contributed by atoms with Crippen LogP contribution < -0.4 is 0 Å². The van der Waals surface area contributed by atoms with Crippen molar-refractivity contribution < 1.29 is 24.5 Å². The van der Waals surface area contributed by atoms with Gasteiger partial charge in [0.1, 0.15) is 11.5 Å². The van der Waals surface area contributed by atoms with Gasteiger partial charge in [0.2, 0.25) is 0 Å². The Morgan fingerprint density at radius 2 is 1.76 bits per heavy atom. The third-order valence-corrected chi connectivity index (χ3v) is 6.88. The molecule has 0 aromatic heterocycles. The smallest absolute Gasteiger partial charge is 0.295 e. The van der Waals surface area contributed by atoms with Crippen molar-refractivity contribution in [1.29, 1.82) is 0 Å². The lowest BCUT2D eigenvalue weighted by Crippen LogP contribution is -2.38. The Labute approximate surface area is 208 Å². The average molecular weight is 580 g/mol. The van der Waals surface area contributed by atoms with E-state index in [1.807, 2.05) is 24.3 Å². The number of aliphatic hydroxyl groups is 1. The fraction of sp³-hybridized carbons (Fsp3) is 0.333. The first-order valence-corrected chi connectivity index (χ1v) is 12.3. The summed E-state index contributed by atoms with van der Waals surface area (Å²) in [6.45, 7) is 4.22. The van der Waals surface area contributed by atoms with E-state index < -0.39 is 23.5 Å². The minimum atomic E-state index is -0.761. The highest BCUT2D eigenvalue weighted by Crippen LogP contribution is 2.41. The predicted octanol–water partition coefficient (Wildman–Crippen LogP) is 4.06. The van der Waals surface area contributed by atoms with Gasteiger partial charge in [-0.15, -0.1) is 0 Å². The third-order valence-electron chi connectivity index (χ3n) is 5.90. The number of aliphatic hydroxyl groups excluding tert-OH is 1. The highest BCUT2D eigenvalue weighted by Gasteiger charge is 2.46. The molecule has 7 nitrogen and oxygen atoms in total. The van der Waals surface area contributed by atoms with E-state index in [1.165, 1.54) is 17.0 Å². The van der Waals surface area contributed by atoms with Crippen LogP contribution in [0, 0.1) is 0 Å². The number of phenols is 1. The molecule has 0 saturated carbocycles. The molecule has 2 saturated heterocycles. The molecule has 4 rings (SSSR count). The van der Waals surface area contributed by atoms with Crippen molar-refractivity contribution in [3.05, 3.63) is 68.1 Å². The van der Waals surface area contributed by atoms with Gasteiger partial charge in [0, 0.05) is 35.1 Å². The molecule has 2 fully saturated rings. The normalized spacial score (nSPS) is 21.0. The van der Waals surface area contributed by atoms with Crippen molar-refractivity contribution in [2.45, 2.75) is 12.5 Å². The highest BCUT2D eigenvalue weighted by atomic mass is 79.9. The fourth-order valence-corrected chi connectivity index (χ4v) is 5.04. The maximum Gasteiger partial charge on any atom is 0.295 e. The predicted molar refractivity (Wildman–Crippen MR) is 131 cm³/mol. The third kappa shape index (κ3) is 5.16. The molecule has 0 aliphatic carbocycles. The second kappa shape index (κ2) is 10.4. The average Bonchev–Trinajstić information content (AvgIpc) is 3.06. The summed E-state index contributed by atoms with van der Waals surface area (Å²) in [5.41, 5.74) is 0.763. The van der Waals surface area contributed by atoms with E-state index in [2.05, 4.69) is 36.8 Å². The molecular formula is C24H24Br2N2O5. The van der Waals surface area contributed by atoms with Crippen molar-refractivity contribution in [2.75, 3.05) is 39.4 Å². The van der Waals surface area contributed by atoms with Crippen molar-refractivity contribution in [3.63, 3.8) is 0 Å². The minimum Gasteiger partial charge on any atom is -0.507 e. The molecule has 33 heavy (non-hydrogen) atoms. The van der Waals surface area contributed by atoms with Gasteiger partial charge in [0.05, 0.1) is 30.4 Å². The molecule has 1 atom stereocenters. The van der Waals surface area contributed by atoms with E-state index in [0.29, 0.717) is 36.2 Å². The highest BCUT2D eigenvalue weighted by molar-refractivity contribution is 9.10. The zero-order chi connectivity index (χ0) is 23.5. The number of ether oxygens (including phenoxy) is 1. The van der Waals surface area contributed by atoms with Crippen LogP contribution in [0.5, 0.6) is 5.75 Å². The Morgan fingerprint density at radius 1 is 1.03 bits per heavy atom. The standard InChI is InChI=1S/C24H24Br2N2O5/c25-16-4-1-3-15(13-16)21-20(22(30)18-14-17(26)5-6-19(18)29)23(31)24(32)28(21)8-2-7-27-9-11-33-12-10-27/h1,3-6,13-14,21,29-30H,2,7-12H2/b22-20+. The van der Waals surface area contributed by atoms with Crippen molar-refractivity contribution >= 4 is 49.3 Å². The van der Waals surface area contributed by atoms with E-state index in [9.17, 15) is 19.8 Å². The second-order valence-electron chi connectivity index (χ2n) is 8.02. The summed E-state index contributed by atoms with van der Waals surface area (Å²) >= 11 is 6.78. The SMILES string of the molecule is O=C1C(=O)N(CCCN2CCOCC2)C(c2cccc(Br)c2)/C1=C(\O)c1cc(Br)ccc1O. The number of nitrogens with zero attached hydrogens (tertiary/aromatic N) is 2. The number of hydrogen-bond donors (Lipinski definition) is 2. The van der Waals surface area contributed by atoms with E-state index in [0.717, 1.165) is 24.1 Å². The van der Waals surface area contributed by atoms with E-state index in [1.54, 1.807) is 6.07 Å². The van der Waals surface area contributed by atoms with Crippen LogP contribution in [0.4, 0.5) is 0 Å². The molecule has 0 spiro atoms. The quantitative estimate of drug-likeness (QED) is 0.305. The summed E-state index contributed by atoms with van der Waals surface area (Å²) < 4.78 is 6.81. The number of carbonyl (C=O) groups excluding carboxylic acids is 2. The summed E-state index contributed by atoms with van der Waals surface area (Å²) in [6, 6.07) is 11.1. The molecule has 0 bridgehead atoms. The van der Waals surface area contributed by atoms with Gasteiger partial charge in [-0.1, -0.05) is 44.0 Å². The number of halogens is 2. The number of phenolic OH excluding ortho intramolecular Hbond substituents is 1. The first kappa shape index (κ1) is 23.9. The van der Waals surface area contributed by atoms with E-state index in [4.69, 9.17) is 4.74 Å². The zero-order valence-electron chi connectivity index (χ0n) is 17.8. The van der Waals surface area contributed by atoms with Crippen molar-refractivity contribution in [1.82, 2.24) is 9.80 Å². The monoisotopic (exact) mass is 578 g/mol. The van der Waals surface area contributed by atoms with Gasteiger partial charge < -0.3 is 19.8 Å². The molecule has 2 aromatic carbocycles. The first-order chi connectivity index (χ1) is 15.9. The molecule has 2 aromatic rings. The molecule has 2 aliphatic rings. The Bertz CT molecular complexity index is 1100. The lowest BCUT2D eigenvalue weighted by molar-refractivity contribution is -0.140. The van der Waals surface area contributed by atoms with Crippen LogP contribution in [0.2, 0.25) is 0 Å². The Morgan fingerprint density at radius 3 is 2.48 bits per heavy atom. The molecule has 9 heteroatoms. The maximum atomic E-state index is 13.1. The number of amides is 1. The number of rotatable bonds is 6. The fourth-order valence-electron chi connectivity index (χ4n) is 4.27. The summed E-state index contributed by atoms with van der Waals surface area (Å²) in [4.78, 5) is 30.0. The zero-order valence-corrected chi connectivity index (χ0v) is 21.0. The Hall–Kier alpha value is -2.20. The van der Waals surface area contributed by atoms with E-state index >= 15 is 0 Å². The van der Waals surface area contributed by atoms with Gasteiger partial charge in [-0.05, 0) is 42.3 Å². The van der Waals surface area contributed by atoms with Crippen LogP contribution in [-0.2, 0) is 14.3 Å². The van der Waals surface area contributed by atoms with Crippen molar-refractivity contribution in [3.8, 4) is 5.75 Å². The van der Waals surface area contributed by atoms with E-state index in [-0.39, 0.29) is 16.9 Å². The summed E-state index contributed by atoms with van der Waals surface area (Å²) in [6.07, 6.45) is 0.680. The number of hydrogen-bond acceptors (Lipinski definition) is 6. The number of benzene rings is 2. The second-order valence-corrected chi connectivity index (χ2v) is 9.85. The molecule has 174 valence electrons. The minimum absolute atomic E-state index is 0.0297. The first-order valence-electron chi connectivity index (χ1n) is 10.7. The topological polar surface area (TPSA) is 90.3 Å². The summed E-state index contributed by atoms with van der Waals surface area (Å²) in [5.74, 6) is -1.99. The van der Waals surface area contributed by atoms with Crippen LogP contribution in [0.15, 0.2) is 57.0 Å². The number of Topliss-reactive ketones (excluding diaryl/α,β-unsaturated/α-hetero) is 1. The Kier molecular flexibility index (Phi) is 7.53. The van der Waals surface area contributed by atoms with Crippen LogP contribution in [0.25, 0.3) is 5.76 Å². The van der Waals surface area contributed by atoms with Gasteiger partial charge in [-0.25, -0.2) is 0 Å². The van der Waals surface area contributed by atoms with Gasteiger partial charge in [-0.2, -0.15) is 0 Å². The number of likely N-dealkylation sites (tertiary alicyclic amines) is 1. The molecule has 1 amide bonds. The molecule has 1 unspecified atom stereocenters. The molecule has 2 aliphatic heterocycles. The van der Waals surface area contributed by atoms with Gasteiger partial charge >= 0.3 is 0 Å². The van der Waals surface area contributed by atoms with Gasteiger partial charge in [-0.3, -0.25) is 14.5 Å². The lowest BCUT2D eigenvalue weighted by Gasteiger charge is -2.29. The van der Waals surface area contributed by atoms with Crippen LogP contribution in [0.3, 0.4) is 0 Å². The lowest BCUT2D eigenvalue weighted by atomic mass is 9.95. The number of aromatic hydroxyl groups is 1. The van der Waals surface area contributed by atoms with Crippen LogP contribution >= 0.6 is 31.9 Å². The Balaban J connectivity index is 1.71. The van der Waals surface area contributed by atoms with Crippen molar-refractivity contribution in [2.24, 2.45) is 0 Å².